The lowest BCUT2D eigenvalue weighted by molar-refractivity contribution is 0.797. The van der Waals surface area contributed by atoms with Crippen molar-refractivity contribution < 1.29 is 0 Å². The largest absolute Gasteiger partial charge is 0.356 e. The minimum atomic E-state index is 0.807. The van der Waals surface area contributed by atoms with Crippen molar-refractivity contribution in [3.8, 4) is 0 Å². The molecule has 2 aromatic rings. The normalized spacial score (nSPS) is 11.7. The van der Waals surface area contributed by atoms with Gasteiger partial charge in [-0.15, -0.1) is 11.3 Å². The Morgan fingerprint density at radius 3 is 2.80 bits per heavy atom. The molecular weight excluding hydrogens is 288 g/mol. The van der Waals surface area contributed by atoms with Crippen LogP contribution in [0.3, 0.4) is 0 Å². The average molecular weight is 308 g/mol. The molecule has 6 heteroatoms. The van der Waals surface area contributed by atoms with Gasteiger partial charge in [0.05, 0.1) is 10.7 Å². The number of rotatable bonds is 5. The van der Waals surface area contributed by atoms with Crippen molar-refractivity contribution in [2.45, 2.75) is 26.8 Å². The summed E-state index contributed by atoms with van der Waals surface area (Å²) < 4.78 is 0. The third-order valence-corrected chi connectivity index (χ3v) is 4.77. The number of thiophene rings is 1. The number of aryl methyl sites for hydroxylation is 2. The van der Waals surface area contributed by atoms with Crippen molar-refractivity contribution in [2.75, 3.05) is 13.6 Å². The van der Waals surface area contributed by atoms with E-state index in [9.17, 15) is 0 Å². The molecule has 4 nitrogen and oxygen atoms in total. The molecule has 0 radical (unpaired) electrons. The SMILES string of the molecule is CN=C(NCCc1sc(C)nc1C)NCc1ccsc1. The minimum absolute atomic E-state index is 0.807. The monoisotopic (exact) mass is 308 g/mol. The van der Waals surface area contributed by atoms with Gasteiger partial charge in [-0.2, -0.15) is 11.3 Å². The summed E-state index contributed by atoms with van der Waals surface area (Å²) in [7, 11) is 1.80. The molecule has 2 rings (SSSR count). The van der Waals surface area contributed by atoms with Crippen LogP contribution in [0.2, 0.25) is 0 Å². The van der Waals surface area contributed by atoms with E-state index >= 15 is 0 Å². The number of hydrogen-bond donors (Lipinski definition) is 2. The highest BCUT2D eigenvalue weighted by Gasteiger charge is 2.05. The van der Waals surface area contributed by atoms with Gasteiger partial charge in [0.25, 0.3) is 0 Å². The summed E-state index contributed by atoms with van der Waals surface area (Å²) >= 11 is 3.49. The first kappa shape index (κ1) is 15.0. The van der Waals surface area contributed by atoms with Crippen LogP contribution in [0, 0.1) is 13.8 Å². The first-order chi connectivity index (χ1) is 9.69. The van der Waals surface area contributed by atoms with Gasteiger partial charge in [0.15, 0.2) is 5.96 Å². The molecule has 0 saturated heterocycles. The summed E-state index contributed by atoms with van der Waals surface area (Å²) in [5, 5.41) is 12.0. The van der Waals surface area contributed by atoms with Gasteiger partial charge in [0, 0.05) is 31.4 Å². The molecule has 108 valence electrons. The molecule has 0 bridgehead atoms. The van der Waals surface area contributed by atoms with Crippen LogP contribution in [0.1, 0.15) is 21.1 Å². The first-order valence-corrected chi connectivity index (χ1v) is 8.33. The number of hydrogen-bond acceptors (Lipinski definition) is 4. The van der Waals surface area contributed by atoms with Gasteiger partial charge < -0.3 is 10.6 Å². The molecule has 0 aromatic carbocycles. The van der Waals surface area contributed by atoms with Crippen LogP contribution in [-0.2, 0) is 13.0 Å². The molecule has 0 aliphatic heterocycles. The lowest BCUT2D eigenvalue weighted by Crippen LogP contribution is -2.37. The maximum atomic E-state index is 4.45. The van der Waals surface area contributed by atoms with Crippen molar-refractivity contribution in [3.05, 3.63) is 38.0 Å². The zero-order valence-electron chi connectivity index (χ0n) is 12.1. The second-order valence-electron chi connectivity index (χ2n) is 4.48. The molecule has 0 unspecified atom stereocenters. The Balaban J connectivity index is 1.75. The van der Waals surface area contributed by atoms with Gasteiger partial charge in [-0.3, -0.25) is 4.99 Å². The molecule has 0 atom stereocenters. The molecule has 0 saturated carbocycles. The molecule has 0 fully saturated rings. The highest BCUT2D eigenvalue weighted by atomic mass is 32.1. The molecular formula is C14H20N4S2. The summed E-state index contributed by atoms with van der Waals surface area (Å²) in [5.41, 5.74) is 2.43. The molecule has 2 N–H and O–H groups in total. The third kappa shape index (κ3) is 4.31. The van der Waals surface area contributed by atoms with E-state index in [0.29, 0.717) is 0 Å². The van der Waals surface area contributed by atoms with Gasteiger partial charge in [0.2, 0.25) is 0 Å². The van der Waals surface area contributed by atoms with E-state index in [1.807, 2.05) is 0 Å². The third-order valence-electron chi connectivity index (χ3n) is 2.91. The zero-order valence-corrected chi connectivity index (χ0v) is 13.7. The highest BCUT2D eigenvalue weighted by Crippen LogP contribution is 2.16. The van der Waals surface area contributed by atoms with Crippen LogP contribution in [0.4, 0.5) is 0 Å². The lowest BCUT2D eigenvalue weighted by atomic mass is 10.3. The van der Waals surface area contributed by atoms with E-state index in [0.717, 1.165) is 36.2 Å². The zero-order chi connectivity index (χ0) is 14.4. The van der Waals surface area contributed by atoms with E-state index in [1.54, 1.807) is 29.7 Å². The maximum Gasteiger partial charge on any atom is 0.191 e. The van der Waals surface area contributed by atoms with E-state index in [4.69, 9.17) is 0 Å². The van der Waals surface area contributed by atoms with Crippen LogP contribution >= 0.6 is 22.7 Å². The van der Waals surface area contributed by atoms with Gasteiger partial charge in [-0.1, -0.05) is 0 Å². The Morgan fingerprint density at radius 2 is 2.20 bits per heavy atom. The summed E-state index contributed by atoms with van der Waals surface area (Å²) in [6, 6.07) is 2.12. The Hall–Kier alpha value is -1.40. The maximum absolute atomic E-state index is 4.45. The standard InChI is InChI=1S/C14H20N4S2/c1-10-13(20-11(2)18-10)4-6-16-14(15-3)17-8-12-5-7-19-9-12/h5,7,9H,4,6,8H2,1-3H3,(H2,15,16,17). The highest BCUT2D eigenvalue weighted by molar-refractivity contribution is 7.11. The molecule has 0 amide bonds. The van der Waals surface area contributed by atoms with Crippen LogP contribution in [0.15, 0.2) is 21.8 Å². The lowest BCUT2D eigenvalue weighted by Gasteiger charge is -2.10. The van der Waals surface area contributed by atoms with Crippen molar-refractivity contribution in [2.24, 2.45) is 4.99 Å². The first-order valence-electron chi connectivity index (χ1n) is 6.57. The number of nitrogens with one attached hydrogen (secondary N) is 2. The summed E-state index contributed by atoms with van der Waals surface area (Å²) in [6.07, 6.45) is 0.983. The van der Waals surface area contributed by atoms with Gasteiger partial charge in [-0.05, 0) is 36.2 Å². The molecule has 0 aliphatic rings. The molecule has 0 spiro atoms. The summed E-state index contributed by atoms with van der Waals surface area (Å²) in [4.78, 5) is 10.0. The molecule has 0 aliphatic carbocycles. The van der Waals surface area contributed by atoms with Crippen molar-refractivity contribution in [1.29, 1.82) is 0 Å². The predicted octanol–water partition coefficient (Wildman–Crippen LogP) is 2.73. The Labute approximate surface area is 128 Å². The molecule has 20 heavy (non-hydrogen) atoms. The summed E-state index contributed by atoms with van der Waals surface area (Å²) in [6.45, 7) is 5.80. The molecule has 2 aromatic heterocycles. The minimum Gasteiger partial charge on any atom is -0.356 e. The fraction of sp³-hybridized carbons (Fsp3) is 0.429. The topological polar surface area (TPSA) is 49.3 Å². The van der Waals surface area contributed by atoms with Gasteiger partial charge >= 0.3 is 0 Å². The van der Waals surface area contributed by atoms with Gasteiger partial charge in [-0.25, -0.2) is 4.98 Å². The van der Waals surface area contributed by atoms with E-state index < -0.39 is 0 Å². The Morgan fingerprint density at radius 1 is 1.35 bits per heavy atom. The van der Waals surface area contributed by atoms with Crippen LogP contribution < -0.4 is 10.6 Å². The van der Waals surface area contributed by atoms with E-state index in [1.165, 1.54) is 10.4 Å². The van der Waals surface area contributed by atoms with Crippen molar-refractivity contribution in [1.82, 2.24) is 15.6 Å². The predicted molar refractivity (Wildman–Crippen MR) is 87.8 cm³/mol. The van der Waals surface area contributed by atoms with Crippen LogP contribution in [0.25, 0.3) is 0 Å². The fourth-order valence-corrected chi connectivity index (χ4v) is 3.50. The van der Waals surface area contributed by atoms with E-state index in [-0.39, 0.29) is 0 Å². The number of aliphatic imine (C=N–C) groups is 1. The number of aromatic nitrogens is 1. The van der Waals surface area contributed by atoms with Crippen LogP contribution in [-0.4, -0.2) is 24.5 Å². The number of nitrogens with zero attached hydrogens (tertiary/aromatic N) is 2. The number of thiazole rings is 1. The molecule has 2 heterocycles. The second-order valence-corrected chi connectivity index (χ2v) is 6.54. The smallest absolute Gasteiger partial charge is 0.191 e. The fourth-order valence-electron chi connectivity index (χ4n) is 1.90. The quantitative estimate of drug-likeness (QED) is 0.659. The average Bonchev–Trinajstić information content (AvgIpc) is 3.04. The number of guanidine groups is 1. The second kappa shape index (κ2) is 7.40. The van der Waals surface area contributed by atoms with E-state index in [2.05, 4.69) is 51.3 Å². The van der Waals surface area contributed by atoms with Crippen molar-refractivity contribution >= 4 is 28.6 Å². The summed E-state index contributed by atoms with van der Waals surface area (Å²) in [5.74, 6) is 0.843. The van der Waals surface area contributed by atoms with Gasteiger partial charge in [0.1, 0.15) is 0 Å². The van der Waals surface area contributed by atoms with Crippen molar-refractivity contribution in [3.63, 3.8) is 0 Å². The Kier molecular flexibility index (Phi) is 5.55. The van der Waals surface area contributed by atoms with Crippen LogP contribution in [0.5, 0.6) is 0 Å². The Bertz CT molecular complexity index is 558.